The second kappa shape index (κ2) is 10.1. The van der Waals surface area contributed by atoms with Crippen molar-refractivity contribution in [1.82, 2.24) is 15.1 Å². The van der Waals surface area contributed by atoms with Gasteiger partial charge >= 0.3 is 12.3 Å². The van der Waals surface area contributed by atoms with Crippen LogP contribution in [0.5, 0.6) is 5.75 Å². The smallest absolute Gasteiger partial charge is 0.464 e. The molecule has 4 heterocycles. The fraction of sp³-hybridized carbons (Fsp3) is 0.481. The minimum atomic E-state index is -4.83. The zero-order chi connectivity index (χ0) is 27.1. The number of nitrogens with zero attached hydrogens (tertiary/aromatic N) is 4. The SMILES string of the molecule is COC(=O)c1ccnc(N2C3CC[C@H]2CC(OCc2c(-c4ccccc4OC(F)(F)F)noc2C2CC2)C3)n1. The first-order valence-electron chi connectivity index (χ1n) is 13.0. The van der Waals surface area contributed by atoms with Crippen LogP contribution in [0.4, 0.5) is 19.1 Å². The molecule has 3 atom stereocenters. The minimum Gasteiger partial charge on any atom is -0.464 e. The van der Waals surface area contributed by atoms with Crippen LogP contribution in [0.3, 0.4) is 0 Å². The van der Waals surface area contributed by atoms with E-state index in [1.807, 2.05) is 0 Å². The van der Waals surface area contributed by atoms with Crippen molar-refractivity contribution in [3.63, 3.8) is 0 Å². The number of halogens is 3. The van der Waals surface area contributed by atoms with E-state index in [1.165, 1.54) is 25.3 Å². The van der Waals surface area contributed by atoms with Crippen molar-refractivity contribution >= 4 is 11.9 Å². The first-order valence-corrected chi connectivity index (χ1v) is 13.0. The number of carbonyl (C=O) groups excluding carboxylic acids is 1. The monoisotopic (exact) mass is 544 g/mol. The fourth-order valence-electron chi connectivity index (χ4n) is 5.70. The molecule has 3 aromatic rings. The summed E-state index contributed by atoms with van der Waals surface area (Å²) in [6, 6.07) is 7.75. The number of hydrogen-bond acceptors (Lipinski definition) is 9. The molecule has 0 amide bonds. The van der Waals surface area contributed by atoms with Gasteiger partial charge in [0, 0.05) is 35.3 Å². The van der Waals surface area contributed by atoms with E-state index in [0.29, 0.717) is 23.0 Å². The second-order valence-corrected chi connectivity index (χ2v) is 10.1. The molecule has 6 rings (SSSR count). The number of hydrogen-bond donors (Lipinski definition) is 0. The number of ether oxygens (including phenoxy) is 3. The Balaban J connectivity index is 1.20. The van der Waals surface area contributed by atoms with E-state index in [2.05, 4.69) is 24.8 Å². The van der Waals surface area contributed by atoms with Gasteiger partial charge in [-0.15, -0.1) is 13.2 Å². The highest BCUT2D eigenvalue weighted by molar-refractivity contribution is 5.87. The summed E-state index contributed by atoms with van der Waals surface area (Å²) in [7, 11) is 1.31. The summed E-state index contributed by atoms with van der Waals surface area (Å²) in [5.74, 6) is 0.519. The molecular formula is C27H27F3N4O5. The van der Waals surface area contributed by atoms with Crippen LogP contribution >= 0.6 is 0 Å². The van der Waals surface area contributed by atoms with Crippen molar-refractivity contribution < 1.29 is 36.7 Å². The Morgan fingerprint density at radius 2 is 1.85 bits per heavy atom. The number of esters is 1. The number of para-hydroxylation sites is 1. The molecule has 0 N–H and O–H groups in total. The number of fused-ring (bicyclic) bond motifs is 2. The Bertz CT molecular complexity index is 1350. The molecule has 9 nitrogen and oxygen atoms in total. The number of piperidine rings is 1. The molecule has 3 aliphatic rings. The van der Waals surface area contributed by atoms with Crippen LogP contribution in [0.1, 0.15) is 66.3 Å². The Kier molecular flexibility index (Phi) is 6.66. The molecular weight excluding hydrogens is 517 g/mol. The van der Waals surface area contributed by atoms with Crippen LogP contribution in [0.25, 0.3) is 11.3 Å². The number of rotatable bonds is 8. The van der Waals surface area contributed by atoms with Crippen molar-refractivity contribution in [2.24, 2.45) is 0 Å². The zero-order valence-electron chi connectivity index (χ0n) is 21.2. The van der Waals surface area contributed by atoms with Crippen molar-refractivity contribution in [3.8, 4) is 17.0 Å². The van der Waals surface area contributed by atoms with Crippen molar-refractivity contribution in [3.05, 3.63) is 53.5 Å². The summed E-state index contributed by atoms with van der Waals surface area (Å²) < 4.78 is 60.3. The molecule has 2 saturated heterocycles. The topological polar surface area (TPSA) is 99.8 Å². The minimum absolute atomic E-state index is 0.0704. The van der Waals surface area contributed by atoms with Crippen LogP contribution in [-0.4, -0.2) is 52.8 Å². The van der Waals surface area contributed by atoms with Gasteiger partial charge in [-0.05, 0) is 56.7 Å². The lowest BCUT2D eigenvalue weighted by atomic mass is 9.99. The van der Waals surface area contributed by atoms with Gasteiger partial charge in [-0.3, -0.25) is 0 Å². The Morgan fingerprint density at radius 1 is 1.10 bits per heavy atom. The summed E-state index contributed by atoms with van der Waals surface area (Å²) in [6.07, 6.45) is 1.90. The summed E-state index contributed by atoms with van der Waals surface area (Å²) in [5.41, 5.74) is 1.40. The second-order valence-electron chi connectivity index (χ2n) is 10.1. The Hall–Kier alpha value is -3.67. The van der Waals surface area contributed by atoms with Crippen LogP contribution < -0.4 is 9.64 Å². The third-order valence-corrected chi connectivity index (χ3v) is 7.56. The molecule has 39 heavy (non-hydrogen) atoms. The lowest BCUT2D eigenvalue weighted by Crippen LogP contribution is -2.46. The van der Waals surface area contributed by atoms with Crippen LogP contribution in [0.2, 0.25) is 0 Å². The first kappa shape index (κ1) is 25.6. The van der Waals surface area contributed by atoms with Gasteiger partial charge in [0.25, 0.3) is 0 Å². The molecule has 2 unspecified atom stereocenters. The number of anilines is 1. The maximum atomic E-state index is 13.1. The van der Waals surface area contributed by atoms with E-state index in [-0.39, 0.29) is 47.7 Å². The van der Waals surface area contributed by atoms with E-state index in [0.717, 1.165) is 38.5 Å². The maximum Gasteiger partial charge on any atom is 0.573 e. The lowest BCUT2D eigenvalue weighted by Gasteiger charge is -2.38. The molecule has 0 radical (unpaired) electrons. The van der Waals surface area contributed by atoms with Crippen LogP contribution in [-0.2, 0) is 16.1 Å². The van der Waals surface area contributed by atoms with E-state index >= 15 is 0 Å². The van der Waals surface area contributed by atoms with E-state index in [9.17, 15) is 18.0 Å². The molecule has 1 aromatic carbocycles. The highest BCUT2D eigenvalue weighted by Crippen LogP contribution is 2.46. The summed E-state index contributed by atoms with van der Waals surface area (Å²) in [4.78, 5) is 22.9. The van der Waals surface area contributed by atoms with Crippen LogP contribution in [0, 0.1) is 0 Å². The number of methoxy groups -OCH3 is 1. The number of carbonyl (C=O) groups is 1. The van der Waals surface area contributed by atoms with Gasteiger partial charge in [-0.1, -0.05) is 17.3 Å². The molecule has 1 aliphatic carbocycles. The van der Waals surface area contributed by atoms with Gasteiger partial charge in [-0.2, -0.15) is 0 Å². The third kappa shape index (κ3) is 5.29. The molecule has 206 valence electrons. The Morgan fingerprint density at radius 3 is 2.54 bits per heavy atom. The van der Waals surface area contributed by atoms with Gasteiger partial charge in [0.1, 0.15) is 17.2 Å². The average molecular weight is 545 g/mol. The van der Waals surface area contributed by atoms with Gasteiger partial charge < -0.3 is 23.6 Å². The standard InChI is InChI=1S/C27H27F3N4O5/c1-36-25(35)21-10-11-31-26(32-21)34-16-8-9-17(34)13-18(12-16)37-14-20-23(33-39-24(20)15-6-7-15)19-4-2-3-5-22(19)38-27(28,29)30/h2-5,10-11,15-18H,6-9,12-14H2,1H3/t16-,17?,18?/m0/s1. The van der Waals surface area contributed by atoms with Crippen LogP contribution in [0.15, 0.2) is 41.1 Å². The van der Waals surface area contributed by atoms with E-state index in [1.54, 1.807) is 18.3 Å². The maximum absolute atomic E-state index is 13.1. The molecule has 2 aliphatic heterocycles. The number of benzene rings is 1. The van der Waals surface area contributed by atoms with Crippen molar-refractivity contribution in [2.75, 3.05) is 12.0 Å². The largest absolute Gasteiger partial charge is 0.573 e. The molecule has 2 aromatic heterocycles. The molecule has 2 bridgehead atoms. The molecule has 3 fully saturated rings. The fourth-order valence-corrected chi connectivity index (χ4v) is 5.70. The lowest BCUT2D eigenvalue weighted by molar-refractivity contribution is -0.274. The summed E-state index contributed by atoms with van der Waals surface area (Å²) in [5, 5.41) is 4.16. The quantitative estimate of drug-likeness (QED) is 0.345. The highest BCUT2D eigenvalue weighted by Gasteiger charge is 2.43. The Labute approximate surface area is 222 Å². The summed E-state index contributed by atoms with van der Waals surface area (Å²) in [6.45, 7) is 0.170. The molecule has 1 saturated carbocycles. The number of alkyl halides is 3. The zero-order valence-corrected chi connectivity index (χ0v) is 21.2. The molecule has 0 spiro atoms. The third-order valence-electron chi connectivity index (χ3n) is 7.56. The van der Waals surface area contributed by atoms with Gasteiger partial charge in [0.15, 0.2) is 5.69 Å². The van der Waals surface area contributed by atoms with E-state index in [4.69, 9.17) is 14.0 Å². The highest BCUT2D eigenvalue weighted by atomic mass is 19.4. The summed E-state index contributed by atoms with van der Waals surface area (Å²) >= 11 is 0. The van der Waals surface area contributed by atoms with Gasteiger partial charge in [-0.25, -0.2) is 14.8 Å². The average Bonchev–Trinajstić information content (AvgIpc) is 3.62. The predicted octanol–water partition coefficient (Wildman–Crippen LogP) is 5.41. The van der Waals surface area contributed by atoms with E-state index < -0.39 is 12.3 Å². The van der Waals surface area contributed by atoms with Crippen molar-refractivity contribution in [1.29, 1.82) is 0 Å². The van der Waals surface area contributed by atoms with Crippen molar-refractivity contribution in [2.45, 2.75) is 75.6 Å². The van der Waals surface area contributed by atoms with Gasteiger partial charge in [0.05, 0.1) is 19.8 Å². The normalized spacial score (nSPS) is 22.7. The number of aromatic nitrogens is 3. The predicted molar refractivity (Wildman–Crippen MR) is 131 cm³/mol. The van der Waals surface area contributed by atoms with Gasteiger partial charge in [0.2, 0.25) is 5.95 Å². The first-order chi connectivity index (χ1) is 18.8. The molecule has 12 heteroatoms.